The van der Waals surface area contributed by atoms with Gasteiger partial charge in [-0.3, -0.25) is 0 Å². The van der Waals surface area contributed by atoms with Gasteiger partial charge in [0.15, 0.2) is 0 Å². The Morgan fingerprint density at radius 2 is 1.78 bits per heavy atom. The molecule has 0 unspecified atom stereocenters. The smallest absolute Gasteiger partial charge is 0.357 e. The SMILES string of the molecule is O=c1oc2c(c(N3CCCCC3)c1Cl)CCCc1ccccc1-2. The van der Waals surface area contributed by atoms with E-state index in [-0.39, 0.29) is 5.02 Å². The zero-order valence-corrected chi connectivity index (χ0v) is 13.9. The van der Waals surface area contributed by atoms with Gasteiger partial charge in [0.05, 0.1) is 5.69 Å². The molecule has 2 aromatic rings. The first-order valence-corrected chi connectivity index (χ1v) is 8.82. The van der Waals surface area contributed by atoms with Crippen LogP contribution in [0, 0.1) is 0 Å². The van der Waals surface area contributed by atoms with Crippen molar-refractivity contribution in [3.05, 3.63) is 50.8 Å². The van der Waals surface area contributed by atoms with Crippen LogP contribution >= 0.6 is 11.6 Å². The van der Waals surface area contributed by atoms with Gasteiger partial charge in [-0.15, -0.1) is 0 Å². The van der Waals surface area contributed by atoms with E-state index in [9.17, 15) is 4.79 Å². The summed E-state index contributed by atoms with van der Waals surface area (Å²) in [5.74, 6) is 0.730. The monoisotopic (exact) mass is 329 g/mol. The standard InChI is InChI=1S/C19H20ClNO2/c20-16-17(21-11-4-1-5-12-21)15-10-6-8-13-7-2-3-9-14(13)18(15)23-19(16)22/h2-3,7,9H,1,4-6,8,10-12H2. The fourth-order valence-corrected chi connectivity index (χ4v) is 4.12. The highest BCUT2D eigenvalue weighted by Crippen LogP contribution is 2.40. The van der Waals surface area contributed by atoms with E-state index >= 15 is 0 Å². The van der Waals surface area contributed by atoms with E-state index in [4.69, 9.17) is 16.0 Å². The van der Waals surface area contributed by atoms with Crippen LogP contribution in [-0.2, 0) is 12.8 Å². The van der Waals surface area contributed by atoms with E-state index in [0.717, 1.165) is 67.8 Å². The Hall–Kier alpha value is -1.74. The molecule has 0 N–H and O–H groups in total. The summed E-state index contributed by atoms with van der Waals surface area (Å²) in [6.07, 6.45) is 6.52. The van der Waals surface area contributed by atoms with Crippen LogP contribution in [0.1, 0.15) is 36.8 Å². The summed E-state index contributed by atoms with van der Waals surface area (Å²) < 4.78 is 5.65. The predicted molar refractivity (Wildman–Crippen MR) is 93.5 cm³/mol. The molecule has 23 heavy (non-hydrogen) atoms. The molecule has 1 aliphatic carbocycles. The summed E-state index contributed by atoms with van der Waals surface area (Å²) in [5, 5.41) is 0.255. The average Bonchev–Trinajstić information content (AvgIpc) is 2.76. The largest absolute Gasteiger partial charge is 0.421 e. The first-order chi connectivity index (χ1) is 11.3. The molecule has 120 valence electrons. The molecule has 0 saturated carbocycles. The lowest BCUT2D eigenvalue weighted by atomic mass is 10.0. The first kappa shape index (κ1) is 14.8. The number of anilines is 1. The first-order valence-electron chi connectivity index (χ1n) is 8.44. The quantitative estimate of drug-likeness (QED) is 0.775. The van der Waals surface area contributed by atoms with Crippen LogP contribution in [0.15, 0.2) is 33.5 Å². The normalized spacial score (nSPS) is 17.3. The van der Waals surface area contributed by atoms with Crippen molar-refractivity contribution in [3.8, 4) is 11.3 Å². The van der Waals surface area contributed by atoms with Crippen molar-refractivity contribution in [1.29, 1.82) is 0 Å². The Labute approximate surface area is 140 Å². The van der Waals surface area contributed by atoms with Gasteiger partial charge < -0.3 is 9.32 Å². The second-order valence-electron chi connectivity index (χ2n) is 6.42. The summed E-state index contributed by atoms with van der Waals surface area (Å²) in [6.45, 7) is 1.94. The third kappa shape index (κ3) is 2.57. The van der Waals surface area contributed by atoms with E-state index < -0.39 is 5.63 Å². The molecule has 1 saturated heterocycles. The molecule has 3 nitrogen and oxygen atoms in total. The molecule has 2 aliphatic rings. The van der Waals surface area contributed by atoms with Crippen molar-refractivity contribution >= 4 is 17.3 Å². The number of hydrogen-bond acceptors (Lipinski definition) is 3. The van der Waals surface area contributed by atoms with E-state index in [1.807, 2.05) is 12.1 Å². The molecule has 1 fully saturated rings. The Morgan fingerprint density at radius 3 is 2.61 bits per heavy atom. The summed E-state index contributed by atoms with van der Waals surface area (Å²) in [4.78, 5) is 14.6. The second-order valence-corrected chi connectivity index (χ2v) is 6.80. The summed E-state index contributed by atoms with van der Waals surface area (Å²) in [7, 11) is 0. The molecule has 2 heterocycles. The highest BCUT2D eigenvalue weighted by atomic mass is 35.5. The molecule has 1 aromatic heterocycles. The van der Waals surface area contributed by atoms with Gasteiger partial charge in [0.2, 0.25) is 0 Å². The fourth-order valence-electron chi connectivity index (χ4n) is 3.85. The number of benzene rings is 1. The Morgan fingerprint density at radius 1 is 1.00 bits per heavy atom. The number of rotatable bonds is 1. The molecule has 0 spiro atoms. The van der Waals surface area contributed by atoms with Crippen LogP contribution < -0.4 is 10.5 Å². The Bertz CT molecular complexity index is 790. The molecular formula is C19H20ClNO2. The van der Waals surface area contributed by atoms with Gasteiger partial charge in [0, 0.05) is 24.2 Å². The van der Waals surface area contributed by atoms with Gasteiger partial charge in [0.1, 0.15) is 10.8 Å². The van der Waals surface area contributed by atoms with Crippen molar-refractivity contribution in [2.75, 3.05) is 18.0 Å². The maximum Gasteiger partial charge on any atom is 0.357 e. The fraction of sp³-hybridized carbons (Fsp3) is 0.421. The highest BCUT2D eigenvalue weighted by Gasteiger charge is 2.27. The predicted octanol–water partition coefficient (Wildman–Crippen LogP) is 4.44. The van der Waals surface area contributed by atoms with Gasteiger partial charge >= 0.3 is 5.63 Å². The molecule has 0 radical (unpaired) electrons. The Kier molecular flexibility index (Phi) is 3.90. The summed E-state index contributed by atoms with van der Waals surface area (Å²) in [5.41, 5.74) is 3.92. The average molecular weight is 330 g/mol. The van der Waals surface area contributed by atoms with Gasteiger partial charge in [-0.25, -0.2) is 4.79 Å². The van der Waals surface area contributed by atoms with E-state index in [2.05, 4.69) is 17.0 Å². The zero-order valence-electron chi connectivity index (χ0n) is 13.1. The number of aryl methyl sites for hydroxylation is 1. The molecule has 1 aliphatic heterocycles. The molecule has 0 bridgehead atoms. The van der Waals surface area contributed by atoms with Crippen LogP contribution in [0.25, 0.3) is 11.3 Å². The van der Waals surface area contributed by atoms with Crippen LogP contribution in [0.2, 0.25) is 5.02 Å². The minimum Gasteiger partial charge on any atom is -0.421 e. The highest BCUT2D eigenvalue weighted by molar-refractivity contribution is 6.33. The van der Waals surface area contributed by atoms with E-state index in [1.54, 1.807) is 0 Å². The minimum atomic E-state index is -0.414. The molecule has 4 heteroatoms. The number of hydrogen-bond donors (Lipinski definition) is 0. The number of fused-ring (bicyclic) bond motifs is 3. The van der Waals surface area contributed by atoms with Crippen molar-refractivity contribution in [1.82, 2.24) is 0 Å². The third-order valence-corrected chi connectivity index (χ3v) is 5.28. The van der Waals surface area contributed by atoms with Gasteiger partial charge in [-0.2, -0.15) is 0 Å². The number of halogens is 1. The van der Waals surface area contributed by atoms with Crippen molar-refractivity contribution in [2.45, 2.75) is 38.5 Å². The minimum absolute atomic E-state index is 0.255. The number of piperidine rings is 1. The van der Waals surface area contributed by atoms with Crippen LogP contribution in [-0.4, -0.2) is 13.1 Å². The lowest BCUT2D eigenvalue weighted by Crippen LogP contribution is -2.31. The zero-order chi connectivity index (χ0) is 15.8. The van der Waals surface area contributed by atoms with Crippen molar-refractivity contribution in [2.24, 2.45) is 0 Å². The van der Waals surface area contributed by atoms with Crippen molar-refractivity contribution < 1.29 is 4.42 Å². The second kappa shape index (κ2) is 6.04. The topological polar surface area (TPSA) is 33.5 Å². The van der Waals surface area contributed by atoms with Gasteiger partial charge in [-0.05, 0) is 44.1 Å². The third-order valence-electron chi connectivity index (χ3n) is 4.95. The maximum absolute atomic E-state index is 12.4. The van der Waals surface area contributed by atoms with E-state index in [1.165, 1.54) is 12.0 Å². The van der Waals surface area contributed by atoms with Crippen molar-refractivity contribution in [3.63, 3.8) is 0 Å². The van der Waals surface area contributed by atoms with Crippen LogP contribution in [0.4, 0.5) is 5.69 Å². The Balaban J connectivity index is 1.95. The lowest BCUT2D eigenvalue weighted by Gasteiger charge is -2.31. The molecular weight excluding hydrogens is 310 g/mol. The molecule has 0 atom stereocenters. The molecule has 0 amide bonds. The number of nitrogens with zero attached hydrogens (tertiary/aromatic N) is 1. The molecule has 4 rings (SSSR count). The van der Waals surface area contributed by atoms with Gasteiger partial charge in [-0.1, -0.05) is 35.9 Å². The van der Waals surface area contributed by atoms with Crippen LogP contribution in [0.3, 0.4) is 0 Å². The summed E-state index contributed by atoms with van der Waals surface area (Å²) >= 11 is 6.40. The van der Waals surface area contributed by atoms with Crippen LogP contribution in [0.5, 0.6) is 0 Å². The van der Waals surface area contributed by atoms with Gasteiger partial charge in [0.25, 0.3) is 0 Å². The van der Waals surface area contributed by atoms with E-state index in [0.29, 0.717) is 0 Å². The summed E-state index contributed by atoms with van der Waals surface area (Å²) in [6, 6.07) is 8.22. The maximum atomic E-state index is 12.4. The lowest BCUT2D eigenvalue weighted by molar-refractivity contribution is 0.515. The molecule has 1 aromatic carbocycles.